The number of rotatable bonds is 4. The van der Waals surface area contributed by atoms with Gasteiger partial charge in [-0.15, -0.1) is 0 Å². The molecule has 0 radical (unpaired) electrons. The van der Waals surface area contributed by atoms with Gasteiger partial charge in [0, 0.05) is 0 Å². The number of carbonyl (C=O) groups is 2. The van der Waals surface area contributed by atoms with Crippen LogP contribution in [0.5, 0.6) is 17.2 Å². The number of amides is 3. The molecule has 1 saturated heterocycles. The van der Waals surface area contributed by atoms with Gasteiger partial charge in [-0.1, -0.05) is 18.2 Å². The van der Waals surface area contributed by atoms with Crippen molar-refractivity contribution < 1.29 is 23.8 Å². The minimum atomic E-state index is -1.16. The van der Waals surface area contributed by atoms with Crippen molar-refractivity contribution in [2.24, 2.45) is 0 Å². The van der Waals surface area contributed by atoms with E-state index in [0.29, 0.717) is 22.8 Å². The van der Waals surface area contributed by atoms with Gasteiger partial charge in [-0.25, -0.2) is 4.79 Å². The first-order chi connectivity index (χ1) is 12.5. The minimum absolute atomic E-state index is 0.151. The molecule has 1 N–H and O–H groups in total. The molecule has 2 aliphatic rings. The molecule has 1 unspecified atom stereocenters. The molecule has 1 fully saturated rings. The van der Waals surface area contributed by atoms with Crippen LogP contribution in [-0.4, -0.2) is 30.7 Å². The summed E-state index contributed by atoms with van der Waals surface area (Å²) < 4.78 is 15.9. The highest BCUT2D eigenvalue weighted by molar-refractivity contribution is 6.07. The van der Waals surface area contributed by atoms with Crippen LogP contribution in [0, 0.1) is 0 Å². The van der Waals surface area contributed by atoms with E-state index >= 15 is 0 Å². The number of benzene rings is 2. The van der Waals surface area contributed by atoms with Gasteiger partial charge >= 0.3 is 6.03 Å². The van der Waals surface area contributed by atoms with Crippen LogP contribution in [0.3, 0.4) is 0 Å². The lowest BCUT2D eigenvalue weighted by Crippen LogP contribution is -2.40. The zero-order valence-corrected chi connectivity index (χ0v) is 14.4. The second-order valence-corrected chi connectivity index (χ2v) is 6.37. The van der Waals surface area contributed by atoms with Crippen LogP contribution in [0.15, 0.2) is 42.5 Å². The van der Waals surface area contributed by atoms with Crippen LogP contribution in [0.25, 0.3) is 0 Å². The van der Waals surface area contributed by atoms with Crippen molar-refractivity contribution in [3.63, 3.8) is 0 Å². The van der Waals surface area contributed by atoms with E-state index in [1.54, 1.807) is 38.3 Å². The topological polar surface area (TPSA) is 77.1 Å². The van der Waals surface area contributed by atoms with Crippen molar-refractivity contribution in [2.45, 2.75) is 19.0 Å². The lowest BCUT2D eigenvalue weighted by Gasteiger charge is -2.22. The predicted molar refractivity (Wildman–Crippen MR) is 92.0 cm³/mol. The fourth-order valence-corrected chi connectivity index (χ4v) is 3.20. The number of nitrogens with one attached hydrogen (secondary N) is 1. The van der Waals surface area contributed by atoms with E-state index in [9.17, 15) is 9.59 Å². The Bertz CT molecular complexity index is 897. The van der Waals surface area contributed by atoms with Crippen molar-refractivity contribution >= 4 is 11.9 Å². The second-order valence-electron chi connectivity index (χ2n) is 6.37. The molecule has 1 atom stereocenters. The van der Waals surface area contributed by atoms with Gasteiger partial charge in [0.05, 0.1) is 13.7 Å². The number of carbonyl (C=O) groups excluding carboxylic acids is 2. The Morgan fingerprint density at radius 1 is 1.15 bits per heavy atom. The Hall–Kier alpha value is -3.22. The van der Waals surface area contributed by atoms with Crippen molar-refractivity contribution in [1.82, 2.24) is 10.2 Å². The molecule has 0 aliphatic carbocycles. The smallest absolute Gasteiger partial charge is 0.325 e. The molecular weight excluding hydrogens is 336 g/mol. The monoisotopic (exact) mass is 354 g/mol. The van der Waals surface area contributed by atoms with Crippen molar-refractivity contribution in [3.05, 3.63) is 53.6 Å². The summed E-state index contributed by atoms with van der Waals surface area (Å²) in [6.45, 7) is 2.01. The van der Waals surface area contributed by atoms with Gasteiger partial charge < -0.3 is 19.5 Å². The SMILES string of the molecule is COc1cccc(CN2C(=O)NC(C)(c3ccc4c(c3)OCO4)C2=O)c1. The average Bonchev–Trinajstić information content (AvgIpc) is 3.20. The quantitative estimate of drug-likeness (QED) is 0.853. The molecule has 4 rings (SSSR count). The van der Waals surface area contributed by atoms with E-state index in [4.69, 9.17) is 14.2 Å². The predicted octanol–water partition coefficient (Wildman–Crippen LogP) is 2.39. The molecule has 7 nitrogen and oxygen atoms in total. The third-order valence-corrected chi connectivity index (χ3v) is 4.70. The second kappa shape index (κ2) is 5.94. The van der Waals surface area contributed by atoms with Gasteiger partial charge in [-0.3, -0.25) is 9.69 Å². The molecule has 7 heteroatoms. The van der Waals surface area contributed by atoms with E-state index in [2.05, 4.69) is 5.32 Å². The first-order valence-electron chi connectivity index (χ1n) is 8.18. The molecule has 26 heavy (non-hydrogen) atoms. The highest BCUT2D eigenvalue weighted by Gasteiger charge is 2.49. The third kappa shape index (κ3) is 2.52. The number of hydrogen-bond donors (Lipinski definition) is 1. The van der Waals surface area contributed by atoms with Gasteiger partial charge in [-0.2, -0.15) is 0 Å². The van der Waals surface area contributed by atoms with Crippen LogP contribution in [-0.2, 0) is 16.9 Å². The number of hydrogen-bond acceptors (Lipinski definition) is 5. The Morgan fingerprint density at radius 3 is 2.77 bits per heavy atom. The molecule has 2 aliphatic heterocycles. The summed E-state index contributed by atoms with van der Waals surface area (Å²) in [6.07, 6.45) is 0. The van der Waals surface area contributed by atoms with Gasteiger partial charge in [-0.05, 0) is 42.3 Å². The molecule has 3 amide bonds. The van der Waals surface area contributed by atoms with Gasteiger partial charge in [0.25, 0.3) is 5.91 Å². The van der Waals surface area contributed by atoms with E-state index in [0.717, 1.165) is 5.56 Å². The molecule has 2 aromatic rings. The molecule has 2 aromatic carbocycles. The maximum absolute atomic E-state index is 13.0. The van der Waals surface area contributed by atoms with Crippen LogP contribution in [0.2, 0.25) is 0 Å². The number of imide groups is 1. The maximum atomic E-state index is 13.0. The Balaban J connectivity index is 1.62. The number of methoxy groups -OCH3 is 1. The highest BCUT2D eigenvalue weighted by Crippen LogP contribution is 2.38. The number of nitrogens with zero attached hydrogens (tertiary/aromatic N) is 1. The first kappa shape index (κ1) is 16.3. The third-order valence-electron chi connectivity index (χ3n) is 4.70. The molecule has 0 saturated carbocycles. The van der Waals surface area contributed by atoms with Crippen molar-refractivity contribution in [3.8, 4) is 17.2 Å². The molecular formula is C19H18N2O5. The normalized spacial score (nSPS) is 21.1. The summed E-state index contributed by atoms with van der Waals surface area (Å²) in [5.74, 6) is 1.55. The van der Waals surface area contributed by atoms with Crippen LogP contribution >= 0.6 is 0 Å². The molecule has 0 bridgehead atoms. The number of ether oxygens (including phenoxy) is 3. The summed E-state index contributed by atoms with van der Waals surface area (Å²) in [4.78, 5) is 26.7. The largest absolute Gasteiger partial charge is 0.497 e. The first-order valence-corrected chi connectivity index (χ1v) is 8.18. The fourth-order valence-electron chi connectivity index (χ4n) is 3.20. The maximum Gasteiger partial charge on any atom is 0.325 e. The standard InChI is InChI=1S/C19H18N2O5/c1-19(13-6-7-15-16(9-13)26-11-25-15)17(22)21(18(23)20-19)10-12-4-3-5-14(8-12)24-2/h3-9H,10-11H2,1-2H3,(H,20,23). The number of fused-ring (bicyclic) bond motifs is 1. The summed E-state index contributed by atoms with van der Waals surface area (Å²) >= 11 is 0. The van der Waals surface area contributed by atoms with Crippen LogP contribution in [0.1, 0.15) is 18.1 Å². The summed E-state index contributed by atoms with van der Waals surface area (Å²) in [5.41, 5.74) is 0.299. The average molecular weight is 354 g/mol. The van der Waals surface area contributed by atoms with Crippen molar-refractivity contribution in [2.75, 3.05) is 13.9 Å². The fraction of sp³-hybridized carbons (Fsp3) is 0.263. The number of urea groups is 1. The summed E-state index contributed by atoms with van der Waals surface area (Å²) in [5, 5.41) is 2.80. The van der Waals surface area contributed by atoms with Gasteiger partial charge in [0.15, 0.2) is 11.5 Å². The van der Waals surface area contributed by atoms with Crippen molar-refractivity contribution in [1.29, 1.82) is 0 Å². The lowest BCUT2D eigenvalue weighted by atomic mass is 9.91. The summed E-state index contributed by atoms with van der Waals surface area (Å²) in [7, 11) is 1.57. The zero-order chi connectivity index (χ0) is 18.3. The Kier molecular flexibility index (Phi) is 3.72. The van der Waals surface area contributed by atoms with Gasteiger partial charge in [0.2, 0.25) is 6.79 Å². The molecule has 0 aromatic heterocycles. The van der Waals surface area contributed by atoms with E-state index < -0.39 is 11.6 Å². The minimum Gasteiger partial charge on any atom is -0.497 e. The zero-order valence-electron chi connectivity index (χ0n) is 14.4. The highest BCUT2D eigenvalue weighted by atomic mass is 16.7. The van der Waals surface area contributed by atoms with E-state index in [1.807, 2.05) is 18.2 Å². The summed E-state index contributed by atoms with van der Waals surface area (Å²) in [6, 6.07) is 12.1. The Morgan fingerprint density at radius 2 is 1.96 bits per heavy atom. The molecule has 2 heterocycles. The lowest BCUT2D eigenvalue weighted by molar-refractivity contribution is -0.131. The van der Waals surface area contributed by atoms with Gasteiger partial charge in [0.1, 0.15) is 11.3 Å². The molecule has 0 spiro atoms. The van der Waals surface area contributed by atoms with Crippen LogP contribution in [0.4, 0.5) is 4.79 Å². The Labute approximate surface area is 150 Å². The van der Waals surface area contributed by atoms with Crippen LogP contribution < -0.4 is 19.5 Å². The van der Waals surface area contributed by atoms with E-state index in [-0.39, 0.29) is 19.2 Å². The molecule has 134 valence electrons. The van der Waals surface area contributed by atoms with E-state index in [1.165, 1.54) is 4.90 Å².